The molecule has 0 radical (unpaired) electrons. The highest BCUT2D eigenvalue weighted by Crippen LogP contribution is 2.28. The van der Waals surface area contributed by atoms with E-state index in [2.05, 4.69) is 26.7 Å². The highest BCUT2D eigenvalue weighted by Gasteiger charge is 2.29. The van der Waals surface area contributed by atoms with Crippen molar-refractivity contribution >= 4 is 35.0 Å². The van der Waals surface area contributed by atoms with Crippen molar-refractivity contribution in [2.45, 2.75) is 45.8 Å². The summed E-state index contributed by atoms with van der Waals surface area (Å²) in [6.45, 7) is 5.58. The third kappa shape index (κ3) is 5.02. The van der Waals surface area contributed by atoms with Crippen LogP contribution in [0.5, 0.6) is 0 Å². The maximum absolute atomic E-state index is 13.4. The van der Waals surface area contributed by atoms with E-state index in [0.717, 1.165) is 42.3 Å². The molecule has 2 aromatic heterocycles. The van der Waals surface area contributed by atoms with E-state index in [9.17, 15) is 9.59 Å². The van der Waals surface area contributed by atoms with Crippen LogP contribution < -0.4 is 15.5 Å². The molecule has 1 aromatic carbocycles. The third-order valence-corrected chi connectivity index (χ3v) is 6.38. The Balaban J connectivity index is 1.62. The molecule has 1 fully saturated rings. The number of nitrogens with two attached hydrogens (primary N) is 1. The predicted molar refractivity (Wildman–Crippen MR) is 140 cm³/mol. The summed E-state index contributed by atoms with van der Waals surface area (Å²) in [4.78, 5) is 44.5. The number of urea groups is 1. The molecule has 36 heavy (non-hydrogen) atoms. The first-order valence-electron chi connectivity index (χ1n) is 12.0. The van der Waals surface area contributed by atoms with Crippen molar-refractivity contribution in [1.82, 2.24) is 24.4 Å². The van der Waals surface area contributed by atoms with Gasteiger partial charge < -0.3 is 15.5 Å². The van der Waals surface area contributed by atoms with Crippen molar-refractivity contribution in [2.24, 2.45) is 5.73 Å². The maximum atomic E-state index is 13.4. The van der Waals surface area contributed by atoms with Crippen molar-refractivity contribution in [3.05, 3.63) is 41.5 Å². The van der Waals surface area contributed by atoms with E-state index in [1.54, 1.807) is 25.6 Å². The quantitative estimate of drug-likeness (QED) is 0.419. The second kappa shape index (κ2) is 10.7. The molecule has 10 nitrogen and oxygen atoms in total. The normalized spacial score (nSPS) is 15.4. The van der Waals surface area contributed by atoms with Crippen LogP contribution in [0.25, 0.3) is 10.9 Å². The SMILES string of the molecule is CC#CCn1c(N2CCCC(N)C2)nc(N(C)C(=O)N(C)Cc2nc(C)c3ccccc3n2)c1C=O. The van der Waals surface area contributed by atoms with Gasteiger partial charge >= 0.3 is 6.03 Å². The molecule has 0 saturated carbocycles. The van der Waals surface area contributed by atoms with Gasteiger partial charge in [-0.05, 0) is 32.8 Å². The molecule has 188 valence electrons. The van der Waals surface area contributed by atoms with Crippen LogP contribution in [0.4, 0.5) is 16.6 Å². The van der Waals surface area contributed by atoms with E-state index in [1.165, 1.54) is 9.80 Å². The number of rotatable bonds is 6. The number of aryl methyl sites for hydroxylation is 1. The van der Waals surface area contributed by atoms with Crippen molar-refractivity contribution in [3.63, 3.8) is 0 Å². The summed E-state index contributed by atoms with van der Waals surface area (Å²) < 4.78 is 1.76. The number of anilines is 2. The standard InChI is InChI=1S/C26H32N8O2/c1-5-6-14-34-22(17-35)24(30-25(34)33-13-9-10-19(27)15-33)32(4)26(36)31(3)16-23-28-18(2)20-11-7-8-12-21(20)29-23/h7-8,11-12,17,19H,9-10,13-16,27H2,1-4H3. The summed E-state index contributed by atoms with van der Waals surface area (Å²) in [5, 5.41) is 0.980. The van der Waals surface area contributed by atoms with Gasteiger partial charge in [-0.25, -0.2) is 14.8 Å². The predicted octanol–water partition coefficient (Wildman–Crippen LogP) is 2.59. The Hall–Kier alpha value is -3.97. The van der Waals surface area contributed by atoms with Crippen LogP contribution >= 0.6 is 0 Å². The lowest BCUT2D eigenvalue weighted by atomic mass is 10.1. The topological polar surface area (TPSA) is 113 Å². The van der Waals surface area contributed by atoms with Gasteiger partial charge in [-0.1, -0.05) is 24.1 Å². The Morgan fingerprint density at radius 1 is 1.25 bits per heavy atom. The number of benzene rings is 1. The van der Waals surface area contributed by atoms with E-state index in [1.807, 2.05) is 31.2 Å². The second-order valence-corrected chi connectivity index (χ2v) is 9.04. The van der Waals surface area contributed by atoms with Crippen LogP contribution in [-0.2, 0) is 13.1 Å². The smallest absolute Gasteiger partial charge is 0.325 e. The van der Waals surface area contributed by atoms with Crippen molar-refractivity contribution in [1.29, 1.82) is 0 Å². The fraction of sp³-hybridized carbons (Fsp3) is 0.423. The van der Waals surface area contributed by atoms with E-state index < -0.39 is 0 Å². The highest BCUT2D eigenvalue weighted by atomic mass is 16.2. The molecule has 1 unspecified atom stereocenters. The number of carbonyl (C=O) groups is 2. The summed E-state index contributed by atoms with van der Waals surface area (Å²) in [6.07, 6.45) is 2.60. The average Bonchev–Trinajstić information content (AvgIpc) is 3.25. The number of fused-ring (bicyclic) bond motifs is 1. The lowest BCUT2D eigenvalue weighted by Crippen LogP contribution is -2.44. The fourth-order valence-corrected chi connectivity index (χ4v) is 4.54. The minimum Gasteiger partial charge on any atom is -0.341 e. The lowest BCUT2D eigenvalue weighted by Gasteiger charge is -2.31. The molecule has 0 aliphatic carbocycles. The number of aromatic nitrogens is 4. The van der Waals surface area contributed by atoms with Crippen molar-refractivity contribution in [2.75, 3.05) is 37.0 Å². The molecule has 0 spiro atoms. The van der Waals surface area contributed by atoms with Gasteiger partial charge in [-0.15, -0.1) is 5.92 Å². The first-order chi connectivity index (χ1) is 17.3. The zero-order valence-electron chi connectivity index (χ0n) is 21.2. The Labute approximate surface area is 211 Å². The molecule has 1 aliphatic rings. The number of aldehydes is 1. The number of carbonyl (C=O) groups excluding carboxylic acids is 2. The molecule has 1 saturated heterocycles. The summed E-state index contributed by atoms with van der Waals surface area (Å²) in [5.74, 6) is 7.30. The van der Waals surface area contributed by atoms with E-state index >= 15 is 0 Å². The summed E-state index contributed by atoms with van der Waals surface area (Å²) in [6, 6.07) is 7.47. The van der Waals surface area contributed by atoms with Crippen LogP contribution in [0.3, 0.4) is 0 Å². The van der Waals surface area contributed by atoms with Gasteiger partial charge in [-0.2, -0.15) is 4.98 Å². The molecule has 2 N–H and O–H groups in total. The molecule has 1 atom stereocenters. The minimum absolute atomic E-state index is 0.0280. The van der Waals surface area contributed by atoms with Gasteiger partial charge in [0.15, 0.2) is 12.1 Å². The van der Waals surface area contributed by atoms with Gasteiger partial charge in [0.1, 0.15) is 11.5 Å². The fourth-order valence-electron chi connectivity index (χ4n) is 4.54. The van der Waals surface area contributed by atoms with Crippen LogP contribution in [0.15, 0.2) is 24.3 Å². The molecule has 3 aromatic rings. The molecule has 10 heteroatoms. The average molecular weight is 489 g/mol. The number of para-hydroxylation sites is 1. The summed E-state index contributed by atoms with van der Waals surface area (Å²) >= 11 is 0. The highest BCUT2D eigenvalue weighted by molar-refractivity contribution is 5.95. The minimum atomic E-state index is -0.333. The Bertz CT molecular complexity index is 1340. The Kier molecular flexibility index (Phi) is 7.50. The van der Waals surface area contributed by atoms with E-state index in [0.29, 0.717) is 30.6 Å². The first-order valence-corrected chi connectivity index (χ1v) is 12.0. The van der Waals surface area contributed by atoms with Crippen LogP contribution in [0.2, 0.25) is 0 Å². The van der Waals surface area contributed by atoms with Gasteiger partial charge in [0, 0.05) is 44.3 Å². The molecule has 1 aliphatic heterocycles. The van der Waals surface area contributed by atoms with Gasteiger partial charge in [0.25, 0.3) is 0 Å². The third-order valence-electron chi connectivity index (χ3n) is 6.38. The number of nitrogens with zero attached hydrogens (tertiary/aromatic N) is 7. The number of amides is 2. The monoisotopic (exact) mass is 488 g/mol. The van der Waals surface area contributed by atoms with Crippen LogP contribution in [0, 0.1) is 18.8 Å². The molecule has 2 amide bonds. The number of piperidine rings is 1. The van der Waals surface area contributed by atoms with Gasteiger partial charge in [0.05, 0.1) is 18.6 Å². The van der Waals surface area contributed by atoms with Crippen LogP contribution in [0.1, 0.15) is 41.8 Å². The molecular weight excluding hydrogens is 456 g/mol. The molecule has 3 heterocycles. The Morgan fingerprint density at radius 3 is 2.75 bits per heavy atom. The summed E-state index contributed by atoms with van der Waals surface area (Å²) in [5.41, 5.74) is 8.18. The molecule has 0 bridgehead atoms. The van der Waals surface area contributed by atoms with Gasteiger partial charge in [0.2, 0.25) is 5.95 Å². The number of hydrogen-bond donors (Lipinski definition) is 1. The molecular formula is C26H32N8O2. The van der Waals surface area contributed by atoms with E-state index in [4.69, 9.17) is 10.7 Å². The van der Waals surface area contributed by atoms with Crippen molar-refractivity contribution < 1.29 is 9.59 Å². The Morgan fingerprint density at radius 2 is 2.03 bits per heavy atom. The first kappa shape index (κ1) is 25.1. The van der Waals surface area contributed by atoms with E-state index in [-0.39, 0.29) is 24.4 Å². The van der Waals surface area contributed by atoms with Crippen molar-refractivity contribution in [3.8, 4) is 11.8 Å². The van der Waals surface area contributed by atoms with Crippen LogP contribution in [-0.4, -0.2) is 70.0 Å². The molecule has 4 rings (SSSR count). The zero-order chi connectivity index (χ0) is 25.8. The van der Waals surface area contributed by atoms with Gasteiger partial charge in [-0.3, -0.25) is 14.3 Å². The maximum Gasteiger partial charge on any atom is 0.325 e. The number of hydrogen-bond acceptors (Lipinski definition) is 7. The lowest BCUT2D eigenvalue weighted by molar-refractivity contribution is 0.111. The second-order valence-electron chi connectivity index (χ2n) is 9.04. The largest absolute Gasteiger partial charge is 0.341 e. The number of imidazole rings is 1. The zero-order valence-corrected chi connectivity index (χ0v) is 21.2. The summed E-state index contributed by atoms with van der Waals surface area (Å²) in [7, 11) is 3.29.